The van der Waals surface area contributed by atoms with Gasteiger partial charge in [0.2, 0.25) is 5.91 Å². The van der Waals surface area contributed by atoms with Crippen molar-refractivity contribution >= 4 is 5.91 Å². The van der Waals surface area contributed by atoms with E-state index in [2.05, 4.69) is 23.4 Å². The lowest BCUT2D eigenvalue weighted by atomic mass is 9.94. The van der Waals surface area contributed by atoms with Gasteiger partial charge >= 0.3 is 0 Å². The Morgan fingerprint density at radius 3 is 3.07 bits per heavy atom. The zero-order valence-corrected chi connectivity index (χ0v) is 8.91. The molecule has 0 heterocycles. The Morgan fingerprint density at radius 1 is 1.67 bits per heavy atom. The topological polar surface area (TPSA) is 55.1 Å². The lowest BCUT2D eigenvalue weighted by molar-refractivity contribution is -0.122. The van der Waals surface area contributed by atoms with Crippen molar-refractivity contribution in [1.29, 1.82) is 0 Å². The van der Waals surface area contributed by atoms with Crippen LogP contribution in [0.3, 0.4) is 0 Å². The van der Waals surface area contributed by atoms with Crippen LogP contribution in [-0.2, 0) is 4.79 Å². The second-order valence-electron chi connectivity index (χ2n) is 3.91. The van der Waals surface area contributed by atoms with Crippen LogP contribution in [0.4, 0.5) is 0 Å². The van der Waals surface area contributed by atoms with E-state index in [0.717, 1.165) is 19.3 Å². The molecule has 1 aliphatic carbocycles. The summed E-state index contributed by atoms with van der Waals surface area (Å²) in [4.78, 5) is 11.4. The second-order valence-corrected chi connectivity index (χ2v) is 3.91. The molecule has 3 heteroatoms. The van der Waals surface area contributed by atoms with Gasteiger partial charge < -0.3 is 11.1 Å². The molecule has 0 saturated heterocycles. The molecule has 0 saturated carbocycles. The molecule has 3 N–H and O–H groups in total. The van der Waals surface area contributed by atoms with Gasteiger partial charge in [0, 0.05) is 13.0 Å². The number of allylic oxidation sites excluding steroid dienone is 2. The number of terminal acetylenes is 1. The Balaban J connectivity index is 2.21. The third-order valence-electron chi connectivity index (χ3n) is 2.62. The summed E-state index contributed by atoms with van der Waals surface area (Å²) in [7, 11) is 0. The molecule has 2 unspecified atom stereocenters. The van der Waals surface area contributed by atoms with E-state index in [4.69, 9.17) is 12.2 Å². The normalized spacial score (nSPS) is 21.7. The van der Waals surface area contributed by atoms with Crippen LogP contribution in [0.25, 0.3) is 0 Å². The largest absolute Gasteiger partial charge is 0.354 e. The fraction of sp³-hybridized carbons (Fsp3) is 0.583. The smallest absolute Gasteiger partial charge is 0.237 e. The highest BCUT2D eigenvalue weighted by molar-refractivity contribution is 5.81. The zero-order valence-electron chi connectivity index (χ0n) is 8.91. The molecule has 0 spiro atoms. The minimum Gasteiger partial charge on any atom is -0.354 e. The van der Waals surface area contributed by atoms with Crippen molar-refractivity contribution in [2.24, 2.45) is 11.7 Å². The van der Waals surface area contributed by atoms with Crippen LogP contribution in [0.2, 0.25) is 0 Å². The van der Waals surface area contributed by atoms with Crippen LogP contribution in [0.15, 0.2) is 12.2 Å². The first-order chi connectivity index (χ1) is 7.24. The maximum atomic E-state index is 11.4. The fourth-order valence-electron chi connectivity index (χ4n) is 1.64. The van der Waals surface area contributed by atoms with Gasteiger partial charge in [0.05, 0.1) is 6.04 Å². The van der Waals surface area contributed by atoms with E-state index in [0.29, 0.717) is 18.9 Å². The van der Waals surface area contributed by atoms with Gasteiger partial charge in [-0.1, -0.05) is 12.2 Å². The molecule has 0 radical (unpaired) electrons. The summed E-state index contributed by atoms with van der Waals surface area (Å²) in [5.41, 5.74) is 5.57. The Morgan fingerprint density at radius 2 is 2.47 bits per heavy atom. The van der Waals surface area contributed by atoms with Crippen molar-refractivity contribution in [2.45, 2.75) is 31.7 Å². The van der Waals surface area contributed by atoms with Crippen molar-refractivity contribution in [3.05, 3.63) is 12.2 Å². The summed E-state index contributed by atoms with van der Waals surface area (Å²) in [6.45, 7) is 0.710. The van der Waals surface area contributed by atoms with Gasteiger partial charge in [-0.25, -0.2) is 0 Å². The molecule has 1 rings (SSSR count). The van der Waals surface area contributed by atoms with Crippen LogP contribution in [0.5, 0.6) is 0 Å². The number of carbonyl (C=O) groups excluding carboxylic acids is 1. The molecule has 3 nitrogen and oxygen atoms in total. The lowest BCUT2D eigenvalue weighted by Crippen LogP contribution is -2.42. The third-order valence-corrected chi connectivity index (χ3v) is 2.62. The van der Waals surface area contributed by atoms with Gasteiger partial charge in [-0.2, -0.15) is 0 Å². The molecular formula is C12H18N2O. The highest BCUT2D eigenvalue weighted by atomic mass is 16.2. The van der Waals surface area contributed by atoms with Gasteiger partial charge in [-0.3, -0.25) is 4.79 Å². The van der Waals surface area contributed by atoms with E-state index in [1.54, 1.807) is 0 Å². The maximum Gasteiger partial charge on any atom is 0.237 e. The van der Waals surface area contributed by atoms with Crippen molar-refractivity contribution in [1.82, 2.24) is 5.32 Å². The molecule has 1 aliphatic rings. The summed E-state index contributed by atoms with van der Waals surface area (Å²) in [6, 6.07) is -0.561. The number of carbonyl (C=O) groups is 1. The molecule has 82 valence electrons. The first kappa shape index (κ1) is 11.8. The molecule has 0 fully saturated rings. The average molecular weight is 206 g/mol. The van der Waals surface area contributed by atoms with Crippen molar-refractivity contribution < 1.29 is 4.79 Å². The molecule has 0 aromatic heterocycles. The summed E-state index contributed by atoms with van der Waals surface area (Å²) in [5.74, 6) is 2.81. The number of nitrogens with two attached hydrogens (primary N) is 1. The number of rotatable bonds is 4. The lowest BCUT2D eigenvalue weighted by Gasteiger charge is -2.19. The minimum atomic E-state index is -0.561. The predicted molar refractivity (Wildman–Crippen MR) is 60.9 cm³/mol. The van der Waals surface area contributed by atoms with E-state index in [9.17, 15) is 4.79 Å². The third kappa shape index (κ3) is 4.18. The summed E-state index contributed by atoms with van der Waals surface area (Å²) >= 11 is 0. The average Bonchev–Trinajstić information content (AvgIpc) is 2.27. The van der Waals surface area contributed by atoms with Gasteiger partial charge in [0.25, 0.3) is 0 Å². The molecule has 0 aromatic rings. The number of amides is 1. The summed E-state index contributed by atoms with van der Waals surface area (Å²) in [6.07, 6.45) is 13.0. The SMILES string of the molecule is C#CCC(N)C(=O)NCC1CC=CCC1. The standard InChI is InChI=1S/C12H18N2O/c1-2-6-11(13)12(15)14-9-10-7-4-3-5-8-10/h1,3-4,10-11H,5-9,13H2,(H,14,15). The summed E-state index contributed by atoms with van der Waals surface area (Å²) < 4.78 is 0. The van der Waals surface area contributed by atoms with E-state index in [1.165, 1.54) is 0 Å². The quantitative estimate of drug-likeness (QED) is 0.528. The van der Waals surface area contributed by atoms with E-state index < -0.39 is 6.04 Å². The molecule has 1 amide bonds. The Kier molecular flexibility index (Phi) is 4.92. The monoisotopic (exact) mass is 206 g/mol. The highest BCUT2D eigenvalue weighted by Gasteiger charge is 2.14. The zero-order chi connectivity index (χ0) is 11.1. The number of hydrogen-bond donors (Lipinski definition) is 2. The van der Waals surface area contributed by atoms with Crippen LogP contribution in [0.1, 0.15) is 25.7 Å². The van der Waals surface area contributed by atoms with E-state index in [1.807, 2.05) is 0 Å². The van der Waals surface area contributed by atoms with Crippen LogP contribution in [0, 0.1) is 18.3 Å². The van der Waals surface area contributed by atoms with Crippen molar-refractivity contribution in [2.75, 3.05) is 6.54 Å². The molecule has 0 aromatic carbocycles. The predicted octanol–water partition coefficient (Wildman–Crippen LogP) is 0.809. The van der Waals surface area contributed by atoms with Crippen LogP contribution in [-0.4, -0.2) is 18.5 Å². The van der Waals surface area contributed by atoms with Crippen LogP contribution < -0.4 is 11.1 Å². The minimum absolute atomic E-state index is 0.137. The Labute approximate surface area is 91.1 Å². The Hall–Kier alpha value is -1.27. The molecular weight excluding hydrogens is 188 g/mol. The van der Waals surface area contributed by atoms with E-state index in [-0.39, 0.29) is 5.91 Å². The maximum absolute atomic E-state index is 11.4. The highest BCUT2D eigenvalue weighted by Crippen LogP contribution is 2.16. The van der Waals surface area contributed by atoms with Gasteiger partial charge in [0.15, 0.2) is 0 Å². The van der Waals surface area contributed by atoms with E-state index >= 15 is 0 Å². The van der Waals surface area contributed by atoms with Crippen LogP contribution >= 0.6 is 0 Å². The number of hydrogen-bond acceptors (Lipinski definition) is 2. The molecule has 2 atom stereocenters. The van der Waals surface area contributed by atoms with Crippen molar-refractivity contribution in [3.8, 4) is 12.3 Å². The molecule has 0 aliphatic heterocycles. The molecule has 15 heavy (non-hydrogen) atoms. The summed E-state index contributed by atoms with van der Waals surface area (Å²) in [5, 5.41) is 2.84. The fourth-order valence-corrected chi connectivity index (χ4v) is 1.64. The molecule has 0 bridgehead atoms. The number of nitrogens with one attached hydrogen (secondary N) is 1. The van der Waals surface area contributed by atoms with Gasteiger partial charge in [0.1, 0.15) is 0 Å². The first-order valence-electron chi connectivity index (χ1n) is 5.35. The van der Waals surface area contributed by atoms with Crippen molar-refractivity contribution in [3.63, 3.8) is 0 Å². The second kappa shape index (κ2) is 6.26. The van der Waals surface area contributed by atoms with Gasteiger partial charge in [-0.15, -0.1) is 12.3 Å². The first-order valence-corrected chi connectivity index (χ1v) is 5.35. The Bertz CT molecular complexity index is 278. The van der Waals surface area contributed by atoms with Gasteiger partial charge in [-0.05, 0) is 25.2 Å².